The highest BCUT2D eigenvalue weighted by atomic mass is 16.5. The van der Waals surface area contributed by atoms with Crippen LogP contribution in [0.5, 0.6) is 0 Å². The maximum absolute atomic E-state index is 6.00. The first kappa shape index (κ1) is 16.6. The molecule has 0 bridgehead atoms. The molecule has 0 aromatic heterocycles. The standard InChI is InChI=1S/C15H30N2O2/c1-5-14(4)11-15(12-16,6-8-19-14)17-7-9-18-10-13(2)3/h17H,2,5-12,16H2,1,3-4H3. The van der Waals surface area contributed by atoms with Gasteiger partial charge in [0.15, 0.2) is 0 Å². The summed E-state index contributed by atoms with van der Waals surface area (Å²) in [5.41, 5.74) is 7.00. The first-order valence-corrected chi connectivity index (χ1v) is 7.26. The molecule has 0 radical (unpaired) electrons. The molecule has 112 valence electrons. The Morgan fingerprint density at radius 3 is 2.84 bits per heavy atom. The van der Waals surface area contributed by atoms with Crippen LogP contribution in [-0.2, 0) is 9.47 Å². The van der Waals surface area contributed by atoms with Gasteiger partial charge < -0.3 is 20.5 Å². The van der Waals surface area contributed by atoms with E-state index in [4.69, 9.17) is 15.2 Å². The zero-order valence-corrected chi connectivity index (χ0v) is 12.8. The summed E-state index contributed by atoms with van der Waals surface area (Å²) in [4.78, 5) is 0. The van der Waals surface area contributed by atoms with Crippen LogP contribution in [0.2, 0.25) is 0 Å². The van der Waals surface area contributed by atoms with Crippen molar-refractivity contribution in [2.75, 3.05) is 32.9 Å². The predicted molar refractivity (Wildman–Crippen MR) is 79.3 cm³/mol. The highest BCUT2D eigenvalue weighted by Gasteiger charge is 2.41. The fourth-order valence-corrected chi connectivity index (χ4v) is 2.61. The fourth-order valence-electron chi connectivity index (χ4n) is 2.61. The van der Waals surface area contributed by atoms with Gasteiger partial charge in [-0.25, -0.2) is 0 Å². The van der Waals surface area contributed by atoms with Crippen molar-refractivity contribution in [1.29, 1.82) is 0 Å². The van der Waals surface area contributed by atoms with Gasteiger partial charge in [0.05, 0.1) is 18.8 Å². The third kappa shape index (κ3) is 5.22. The Bertz CT molecular complexity index is 296. The molecule has 0 aliphatic carbocycles. The maximum atomic E-state index is 6.00. The molecule has 3 N–H and O–H groups in total. The Kier molecular flexibility index (Phi) is 6.47. The van der Waals surface area contributed by atoms with Crippen LogP contribution < -0.4 is 11.1 Å². The number of rotatable bonds is 8. The quantitative estimate of drug-likeness (QED) is 0.522. The van der Waals surface area contributed by atoms with Crippen molar-refractivity contribution in [3.8, 4) is 0 Å². The van der Waals surface area contributed by atoms with Crippen molar-refractivity contribution in [2.24, 2.45) is 5.73 Å². The van der Waals surface area contributed by atoms with E-state index in [2.05, 4.69) is 25.7 Å². The second-order valence-corrected chi connectivity index (χ2v) is 6.00. The summed E-state index contributed by atoms with van der Waals surface area (Å²) in [6.45, 7) is 13.7. The first-order valence-electron chi connectivity index (χ1n) is 7.26. The Morgan fingerprint density at radius 2 is 2.26 bits per heavy atom. The van der Waals surface area contributed by atoms with Crippen molar-refractivity contribution < 1.29 is 9.47 Å². The fraction of sp³-hybridized carbons (Fsp3) is 0.867. The smallest absolute Gasteiger partial charge is 0.0672 e. The van der Waals surface area contributed by atoms with E-state index < -0.39 is 0 Å². The average Bonchev–Trinajstić information content (AvgIpc) is 2.38. The first-order chi connectivity index (χ1) is 8.95. The number of hydrogen-bond acceptors (Lipinski definition) is 4. The van der Waals surface area contributed by atoms with E-state index in [1.807, 2.05) is 6.92 Å². The normalized spacial score (nSPS) is 31.4. The topological polar surface area (TPSA) is 56.5 Å². The van der Waals surface area contributed by atoms with E-state index in [1.54, 1.807) is 0 Å². The van der Waals surface area contributed by atoms with Crippen LogP contribution in [0.25, 0.3) is 0 Å². The van der Waals surface area contributed by atoms with Gasteiger partial charge >= 0.3 is 0 Å². The molecule has 1 saturated heterocycles. The van der Waals surface area contributed by atoms with Crippen molar-refractivity contribution >= 4 is 0 Å². The Balaban J connectivity index is 2.40. The van der Waals surface area contributed by atoms with E-state index in [0.29, 0.717) is 19.8 Å². The van der Waals surface area contributed by atoms with Gasteiger partial charge in [0.2, 0.25) is 0 Å². The van der Waals surface area contributed by atoms with E-state index in [0.717, 1.165) is 38.0 Å². The van der Waals surface area contributed by atoms with Crippen LogP contribution in [0.15, 0.2) is 12.2 Å². The lowest BCUT2D eigenvalue weighted by atomic mass is 9.79. The molecule has 1 heterocycles. The highest BCUT2D eigenvalue weighted by molar-refractivity contribution is 4.98. The number of ether oxygens (including phenoxy) is 2. The van der Waals surface area contributed by atoms with Crippen LogP contribution in [0.3, 0.4) is 0 Å². The molecule has 19 heavy (non-hydrogen) atoms. The lowest BCUT2D eigenvalue weighted by molar-refractivity contribution is -0.1000. The van der Waals surface area contributed by atoms with Crippen LogP contribution in [0.1, 0.15) is 40.0 Å². The average molecular weight is 270 g/mol. The second kappa shape index (κ2) is 7.39. The second-order valence-electron chi connectivity index (χ2n) is 6.00. The maximum Gasteiger partial charge on any atom is 0.0672 e. The molecule has 0 aromatic rings. The highest BCUT2D eigenvalue weighted by Crippen LogP contribution is 2.33. The van der Waals surface area contributed by atoms with Gasteiger partial charge in [0, 0.05) is 25.2 Å². The summed E-state index contributed by atoms with van der Waals surface area (Å²) in [5, 5.41) is 3.59. The minimum absolute atomic E-state index is 0.00437. The van der Waals surface area contributed by atoms with Crippen molar-refractivity contribution in [1.82, 2.24) is 5.32 Å². The molecule has 2 atom stereocenters. The van der Waals surface area contributed by atoms with Gasteiger partial charge in [0.1, 0.15) is 0 Å². The number of nitrogens with one attached hydrogen (secondary N) is 1. The third-order valence-electron chi connectivity index (χ3n) is 3.98. The van der Waals surface area contributed by atoms with Gasteiger partial charge in [-0.2, -0.15) is 0 Å². The Hall–Kier alpha value is -0.420. The lowest BCUT2D eigenvalue weighted by Crippen LogP contribution is -2.60. The van der Waals surface area contributed by atoms with Crippen LogP contribution >= 0.6 is 0 Å². The molecule has 0 saturated carbocycles. The largest absolute Gasteiger partial charge is 0.376 e. The van der Waals surface area contributed by atoms with Crippen LogP contribution in [0, 0.1) is 0 Å². The van der Waals surface area contributed by atoms with Gasteiger partial charge in [-0.15, -0.1) is 0 Å². The van der Waals surface area contributed by atoms with E-state index >= 15 is 0 Å². The van der Waals surface area contributed by atoms with Gasteiger partial charge in [0.25, 0.3) is 0 Å². The lowest BCUT2D eigenvalue weighted by Gasteiger charge is -2.46. The summed E-state index contributed by atoms with van der Waals surface area (Å²) in [7, 11) is 0. The molecule has 1 fully saturated rings. The number of nitrogens with two attached hydrogens (primary N) is 1. The molecule has 0 aromatic carbocycles. The molecule has 0 spiro atoms. The molecule has 1 aliphatic rings. The SMILES string of the molecule is C=C(C)COCCNC1(CN)CCOC(C)(CC)C1. The summed E-state index contributed by atoms with van der Waals surface area (Å²) in [6, 6.07) is 0. The third-order valence-corrected chi connectivity index (χ3v) is 3.98. The molecule has 0 amide bonds. The monoisotopic (exact) mass is 270 g/mol. The summed E-state index contributed by atoms with van der Waals surface area (Å²) in [6.07, 6.45) is 2.95. The Labute approximate surface area is 117 Å². The van der Waals surface area contributed by atoms with Crippen LogP contribution in [-0.4, -0.2) is 44.1 Å². The Morgan fingerprint density at radius 1 is 1.53 bits per heavy atom. The minimum Gasteiger partial charge on any atom is -0.376 e. The molecule has 1 aliphatic heterocycles. The van der Waals surface area contributed by atoms with Gasteiger partial charge in [-0.1, -0.05) is 19.1 Å². The molecule has 4 nitrogen and oxygen atoms in total. The molecular formula is C15H30N2O2. The molecule has 1 rings (SSSR count). The van der Waals surface area contributed by atoms with Crippen LogP contribution in [0.4, 0.5) is 0 Å². The summed E-state index contributed by atoms with van der Waals surface area (Å²) in [5.74, 6) is 0. The van der Waals surface area contributed by atoms with Crippen molar-refractivity contribution in [2.45, 2.75) is 51.2 Å². The van der Waals surface area contributed by atoms with Crippen molar-refractivity contribution in [3.63, 3.8) is 0 Å². The zero-order chi connectivity index (χ0) is 14.4. The zero-order valence-electron chi connectivity index (χ0n) is 12.8. The van der Waals surface area contributed by atoms with E-state index in [1.165, 1.54) is 0 Å². The molecule has 4 heteroatoms. The van der Waals surface area contributed by atoms with Crippen molar-refractivity contribution in [3.05, 3.63) is 12.2 Å². The molecular weight excluding hydrogens is 240 g/mol. The summed E-state index contributed by atoms with van der Waals surface area (Å²) >= 11 is 0. The van der Waals surface area contributed by atoms with E-state index in [9.17, 15) is 0 Å². The minimum atomic E-state index is -0.0524. The number of hydrogen-bond donors (Lipinski definition) is 2. The predicted octanol–water partition coefficient (Wildman–Crippen LogP) is 1.85. The summed E-state index contributed by atoms with van der Waals surface area (Å²) < 4.78 is 11.4. The van der Waals surface area contributed by atoms with Gasteiger partial charge in [-0.3, -0.25) is 0 Å². The van der Waals surface area contributed by atoms with E-state index in [-0.39, 0.29) is 11.1 Å². The van der Waals surface area contributed by atoms with Gasteiger partial charge in [-0.05, 0) is 33.1 Å². The molecule has 2 unspecified atom stereocenters.